The number of pyridine rings is 1. The highest BCUT2D eigenvalue weighted by Gasteiger charge is 2.19. The van der Waals surface area contributed by atoms with Crippen LogP contribution < -0.4 is 10.6 Å². The molecule has 0 radical (unpaired) electrons. The standard InChI is InChI=1S/C21H17N5OS/c22-10-6-17(14-4-2-1-3-5-14)25-20(27)16-9-13-28-21(16)26-18-8-12-24-19-15(18)7-11-23-19/h1-5,7-9,11-13,17H,6H2,(H,25,27)(H2,23,24,26)/t17-/m1/s1. The van der Waals surface area contributed by atoms with Gasteiger partial charge >= 0.3 is 0 Å². The topological polar surface area (TPSA) is 93.6 Å². The van der Waals surface area contributed by atoms with Crippen molar-refractivity contribution in [1.82, 2.24) is 15.3 Å². The minimum absolute atomic E-state index is 0.205. The number of fused-ring (bicyclic) bond motifs is 1. The molecule has 1 atom stereocenters. The summed E-state index contributed by atoms with van der Waals surface area (Å²) in [5.74, 6) is -0.216. The second-order valence-corrected chi connectivity index (χ2v) is 7.10. The van der Waals surface area contributed by atoms with E-state index in [2.05, 4.69) is 26.7 Å². The SMILES string of the molecule is N#CC[C@@H](NC(=O)c1ccsc1Nc1ccnc2[nH]ccc12)c1ccccc1. The average molecular weight is 387 g/mol. The Morgan fingerprint density at radius 2 is 2.07 bits per heavy atom. The molecule has 1 aromatic carbocycles. The molecule has 28 heavy (non-hydrogen) atoms. The number of nitrogens with one attached hydrogen (secondary N) is 3. The molecule has 1 amide bonds. The van der Waals surface area contributed by atoms with E-state index in [1.165, 1.54) is 11.3 Å². The Balaban J connectivity index is 1.57. The van der Waals surface area contributed by atoms with Gasteiger partial charge in [-0.05, 0) is 29.1 Å². The van der Waals surface area contributed by atoms with Crippen molar-refractivity contribution in [3.05, 3.63) is 77.4 Å². The number of anilines is 2. The molecular formula is C21H17N5OS. The van der Waals surface area contributed by atoms with Gasteiger partial charge in [0.2, 0.25) is 0 Å². The highest BCUT2D eigenvalue weighted by atomic mass is 32.1. The van der Waals surface area contributed by atoms with Gasteiger partial charge in [0, 0.05) is 17.8 Å². The molecule has 4 rings (SSSR count). The monoisotopic (exact) mass is 387 g/mol. The number of carbonyl (C=O) groups excluding carboxylic acids is 1. The molecule has 0 bridgehead atoms. The molecular weight excluding hydrogens is 370 g/mol. The van der Waals surface area contributed by atoms with Gasteiger partial charge in [-0.15, -0.1) is 11.3 Å². The fourth-order valence-electron chi connectivity index (χ4n) is 3.04. The molecule has 0 aliphatic heterocycles. The Morgan fingerprint density at radius 3 is 2.89 bits per heavy atom. The summed E-state index contributed by atoms with van der Waals surface area (Å²) in [7, 11) is 0. The number of H-pyrrole nitrogens is 1. The van der Waals surface area contributed by atoms with Crippen LogP contribution in [0.1, 0.15) is 28.4 Å². The molecule has 0 spiro atoms. The van der Waals surface area contributed by atoms with Crippen LogP contribution in [0.5, 0.6) is 0 Å². The van der Waals surface area contributed by atoms with Gasteiger partial charge in [0.15, 0.2) is 0 Å². The summed E-state index contributed by atoms with van der Waals surface area (Å²) in [6.45, 7) is 0. The van der Waals surface area contributed by atoms with Gasteiger partial charge < -0.3 is 15.6 Å². The summed E-state index contributed by atoms with van der Waals surface area (Å²) in [4.78, 5) is 20.3. The van der Waals surface area contributed by atoms with Crippen molar-refractivity contribution in [1.29, 1.82) is 5.26 Å². The second-order valence-electron chi connectivity index (χ2n) is 6.19. The van der Waals surface area contributed by atoms with Gasteiger partial charge in [0.25, 0.3) is 5.91 Å². The first-order valence-corrected chi connectivity index (χ1v) is 9.63. The lowest BCUT2D eigenvalue weighted by Gasteiger charge is -2.17. The van der Waals surface area contributed by atoms with Crippen LogP contribution in [0.15, 0.2) is 66.3 Å². The average Bonchev–Trinajstić information content (AvgIpc) is 3.38. The van der Waals surface area contributed by atoms with Gasteiger partial charge in [0.05, 0.1) is 29.8 Å². The molecule has 0 unspecified atom stereocenters. The van der Waals surface area contributed by atoms with Crippen molar-refractivity contribution < 1.29 is 4.79 Å². The summed E-state index contributed by atoms with van der Waals surface area (Å²) in [6, 6.07) is 16.9. The number of hydrogen-bond acceptors (Lipinski definition) is 5. The van der Waals surface area contributed by atoms with E-state index in [-0.39, 0.29) is 18.4 Å². The van der Waals surface area contributed by atoms with Crippen LogP contribution in [0.4, 0.5) is 10.7 Å². The lowest BCUT2D eigenvalue weighted by molar-refractivity contribution is 0.0938. The summed E-state index contributed by atoms with van der Waals surface area (Å²) in [6.07, 6.45) is 3.75. The van der Waals surface area contributed by atoms with E-state index in [0.717, 1.165) is 27.3 Å². The number of benzene rings is 1. The second kappa shape index (κ2) is 7.94. The van der Waals surface area contributed by atoms with Crippen molar-refractivity contribution >= 4 is 39.0 Å². The van der Waals surface area contributed by atoms with E-state index in [0.29, 0.717) is 5.56 Å². The van der Waals surface area contributed by atoms with Crippen molar-refractivity contribution in [2.45, 2.75) is 12.5 Å². The highest BCUT2D eigenvalue weighted by Crippen LogP contribution is 2.31. The zero-order chi connectivity index (χ0) is 19.3. The van der Waals surface area contributed by atoms with Crippen molar-refractivity contribution in [2.24, 2.45) is 0 Å². The van der Waals surface area contributed by atoms with Crippen molar-refractivity contribution in [3.8, 4) is 6.07 Å². The lowest BCUT2D eigenvalue weighted by atomic mass is 10.0. The van der Waals surface area contributed by atoms with Crippen LogP contribution in [-0.4, -0.2) is 15.9 Å². The minimum atomic E-state index is -0.358. The number of nitriles is 1. The first kappa shape index (κ1) is 17.8. The molecule has 7 heteroatoms. The van der Waals surface area contributed by atoms with Crippen molar-refractivity contribution in [3.63, 3.8) is 0 Å². The number of aromatic amines is 1. The van der Waals surface area contributed by atoms with Gasteiger partial charge in [-0.2, -0.15) is 5.26 Å². The summed E-state index contributed by atoms with van der Waals surface area (Å²) in [5, 5.41) is 19.0. The third-order valence-electron chi connectivity index (χ3n) is 4.42. The molecule has 0 aliphatic carbocycles. The van der Waals surface area contributed by atoms with Gasteiger partial charge in [-0.1, -0.05) is 30.3 Å². The van der Waals surface area contributed by atoms with E-state index >= 15 is 0 Å². The fourth-order valence-corrected chi connectivity index (χ4v) is 3.84. The first-order chi connectivity index (χ1) is 13.8. The third-order valence-corrected chi connectivity index (χ3v) is 5.25. The Hall–Kier alpha value is -3.63. The first-order valence-electron chi connectivity index (χ1n) is 8.75. The maximum Gasteiger partial charge on any atom is 0.254 e. The Kier molecular flexibility index (Phi) is 5.04. The van der Waals surface area contributed by atoms with Gasteiger partial charge in [-0.3, -0.25) is 4.79 Å². The summed E-state index contributed by atoms with van der Waals surface area (Å²) < 4.78 is 0. The minimum Gasteiger partial charge on any atom is -0.346 e. The number of amides is 1. The lowest BCUT2D eigenvalue weighted by Crippen LogP contribution is -2.28. The molecule has 138 valence electrons. The molecule has 6 nitrogen and oxygen atoms in total. The molecule has 4 aromatic rings. The number of thiophene rings is 1. The normalized spacial score (nSPS) is 11.7. The van der Waals surface area contributed by atoms with Crippen LogP contribution >= 0.6 is 11.3 Å². The number of hydrogen-bond donors (Lipinski definition) is 3. The van der Waals surface area contributed by atoms with E-state index in [1.807, 2.05) is 54.0 Å². The van der Waals surface area contributed by atoms with E-state index in [1.54, 1.807) is 12.3 Å². The quantitative estimate of drug-likeness (QED) is 0.445. The smallest absolute Gasteiger partial charge is 0.254 e. The van der Waals surface area contributed by atoms with Gasteiger partial charge in [-0.25, -0.2) is 4.98 Å². The number of nitrogens with zero attached hydrogens (tertiary/aromatic N) is 2. The zero-order valence-electron chi connectivity index (χ0n) is 14.8. The van der Waals surface area contributed by atoms with Crippen LogP contribution in [0.2, 0.25) is 0 Å². The van der Waals surface area contributed by atoms with Gasteiger partial charge in [0.1, 0.15) is 10.6 Å². The van der Waals surface area contributed by atoms with Crippen molar-refractivity contribution in [2.75, 3.05) is 5.32 Å². The Bertz CT molecular complexity index is 1140. The Morgan fingerprint density at radius 1 is 1.21 bits per heavy atom. The fraction of sp³-hybridized carbons (Fsp3) is 0.0952. The van der Waals surface area contributed by atoms with Crippen LogP contribution in [0.3, 0.4) is 0 Å². The number of rotatable bonds is 6. The van der Waals surface area contributed by atoms with E-state index in [4.69, 9.17) is 5.26 Å². The highest BCUT2D eigenvalue weighted by molar-refractivity contribution is 7.14. The number of carbonyl (C=O) groups is 1. The molecule has 0 saturated heterocycles. The molecule has 0 aliphatic rings. The maximum atomic E-state index is 12.9. The number of aromatic nitrogens is 2. The predicted octanol–water partition coefficient (Wildman–Crippen LogP) is 4.75. The largest absolute Gasteiger partial charge is 0.346 e. The zero-order valence-corrected chi connectivity index (χ0v) is 15.7. The Labute approximate surface area is 165 Å². The molecule has 0 saturated carbocycles. The predicted molar refractivity (Wildman–Crippen MR) is 111 cm³/mol. The third kappa shape index (κ3) is 3.59. The summed E-state index contributed by atoms with van der Waals surface area (Å²) >= 11 is 1.45. The van der Waals surface area contributed by atoms with E-state index in [9.17, 15) is 4.79 Å². The maximum absolute atomic E-state index is 12.9. The molecule has 3 heterocycles. The van der Waals surface area contributed by atoms with Crippen LogP contribution in [-0.2, 0) is 0 Å². The molecule has 0 fully saturated rings. The van der Waals surface area contributed by atoms with Crippen LogP contribution in [0, 0.1) is 11.3 Å². The van der Waals surface area contributed by atoms with Crippen LogP contribution in [0.25, 0.3) is 11.0 Å². The molecule has 3 N–H and O–H groups in total. The van der Waals surface area contributed by atoms with E-state index < -0.39 is 0 Å². The molecule has 3 aromatic heterocycles. The summed E-state index contributed by atoms with van der Waals surface area (Å²) in [5.41, 5.74) is 3.11.